The van der Waals surface area contributed by atoms with E-state index in [1.54, 1.807) is 23.2 Å². The smallest absolute Gasteiger partial charge is 0.224 e. The Labute approximate surface area is 125 Å². The summed E-state index contributed by atoms with van der Waals surface area (Å²) in [5.41, 5.74) is 0.980. The minimum atomic E-state index is 0.0737. The maximum atomic E-state index is 12.0. The second-order valence-corrected chi connectivity index (χ2v) is 7.38. The van der Waals surface area contributed by atoms with Gasteiger partial charge in [-0.15, -0.1) is 11.3 Å². The minimum Gasteiger partial charge on any atom is -0.335 e. The van der Waals surface area contributed by atoms with E-state index in [9.17, 15) is 9.59 Å². The molecule has 1 aromatic carbocycles. The van der Waals surface area contributed by atoms with Crippen LogP contribution >= 0.6 is 23.1 Å². The number of hydrogen-bond acceptors (Lipinski definition) is 5. The van der Waals surface area contributed by atoms with E-state index < -0.39 is 0 Å². The lowest BCUT2D eigenvalue weighted by atomic mass is 10.3. The van der Waals surface area contributed by atoms with Crippen LogP contribution in [0.5, 0.6) is 0 Å². The van der Waals surface area contributed by atoms with E-state index in [-0.39, 0.29) is 16.3 Å². The lowest BCUT2D eigenvalue weighted by Gasteiger charge is -2.14. The van der Waals surface area contributed by atoms with Crippen LogP contribution in [0, 0.1) is 0 Å². The summed E-state index contributed by atoms with van der Waals surface area (Å²) in [5, 5.41) is 1.12. The first-order valence-electron chi connectivity index (χ1n) is 6.41. The highest BCUT2D eigenvalue weighted by Gasteiger charge is 2.31. The number of amides is 1. The molecular formula is C14H14N2O2S2. The number of rotatable bonds is 3. The van der Waals surface area contributed by atoms with Crippen molar-refractivity contribution in [3.8, 4) is 0 Å². The van der Waals surface area contributed by atoms with Gasteiger partial charge in [-0.3, -0.25) is 9.59 Å². The van der Waals surface area contributed by atoms with Crippen molar-refractivity contribution in [1.29, 1.82) is 0 Å². The maximum absolute atomic E-state index is 12.0. The number of fused-ring (bicyclic) bond motifs is 1. The summed E-state index contributed by atoms with van der Waals surface area (Å²) in [4.78, 5) is 29.4. The number of thioether (sulfide) groups is 1. The number of carbonyl (C=O) groups is 2. The standard InChI is InChI=1S/C14H14N2O2S2/c1-9(17)19-10-6-14(18)16(7-10)8-13-15-11-4-2-3-5-12(11)20-13/h2-5,10H,6-8H2,1H3. The lowest BCUT2D eigenvalue weighted by Crippen LogP contribution is -2.24. The zero-order chi connectivity index (χ0) is 14.1. The molecule has 104 valence electrons. The SMILES string of the molecule is CC(=O)SC1CC(=O)N(Cc2nc3ccccc3s2)C1. The van der Waals surface area contributed by atoms with Gasteiger partial charge in [0.1, 0.15) is 5.01 Å². The molecule has 6 heteroatoms. The normalized spacial score (nSPS) is 18.9. The molecule has 1 fully saturated rings. The van der Waals surface area contributed by atoms with Gasteiger partial charge in [0, 0.05) is 25.1 Å². The highest BCUT2D eigenvalue weighted by Crippen LogP contribution is 2.28. The molecule has 1 atom stereocenters. The summed E-state index contributed by atoms with van der Waals surface area (Å²) in [5.74, 6) is 0.114. The van der Waals surface area contributed by atoms with Gasteiger partial charge in [0.2, 0.25) is 5.91 Å². The number of nitrogens with zero attached hydrogens (tertiary/aromatic N) is 2. The summed E-state index contributed by atoms with van der Waals surface area (Å²) in [6.07, 6.45) is 0.454. The Bertz CT molecular complexity index is 635. The Balaban J connectivity index is 1.71. The zero-order valence-electron chi connectivity index (χ0n) is 11.0. The van der Waals surface area contributed by atoms with Crippen LogP contribution in [0.3, 0.4) is 0 Å². The number of aromatic nitrogens is 1. The van der Waals surface area contributed by atoms with E-state index in [4.69, 9.17) is 0 Å². The van der Waals surface area contributed by atoms with Crippen LogP contribution in [0.15, 0.2) is 24.3 Å². The number of para-hydroxylation sites is 1. The van der Waals surface area contributed by atoms with E-state index in [0.29, 0.717) is 19.5 Å². The van der Waals surface area contributed by atoms with E-state index in [1.807, 2.05) is 24.3 Å². The molecule has 0 saturated carbocycles. The molecule has 0 aliphatic carbocycles. The largest absolute Gasteiger partial charge is 0.335 e. The van der Waals surface area contributed by atoms with Gasteiger partial charge in [-0.1, -0.05) is 23.9 Å². The van der Waals surface area contributed by atoms with Gasteiger partial charge in [-0.05, 0) is 12.1 Å². The Hall–Kier alpha value is -1.40. The van der Waals surface area contributed by atoms with Gasteiger partial charge in [0.15, 0.2) is 5.12 Å². The molecule has 0 spiro atoms. The van der Waals surface area contributed by atoms with Gasteiger partial charge in [0.25, 0.3) is 0 Å². The van der Waals surface area contributed by atoms with Crippen molar-refractivity contribution in [3.63, 3.8) is 0 Å². The summed E-state index contributed by atoms with van der Waals surface area (Å²) >= 11 is 2.89. The Morgan fingerprint density at radius 3 is 3.05 bits per heavy atom. The number of carbonyl (C=O) groups excluding carboxylic acids is 2. The second-order valence-electron chi connectivity index (χ2n) is 4.79. The molecule has 0 bridgehead atoms. The molecule has 1 aliphatic rings. The quantitative estimate of drug-likeness (QED) is 0.875. The third-order valence-corrected chi connectivity index (χ3v) is 5.18. The third kappa shape index (κ3) is 2.86. The fourth-order valence-electron chi connectivity index (χ4n) is 2.35. The first kappa shape index (κ1) is 13.6. The predicted molar refractivity (Wildman–Crippen MR) is 81.7 cm³/mol. The monoisotopic (exact) mass is 306 g/mol. The fourth-order valence-corrected chi connectivity index (χ4v) is 4.29. The molecule has 3 rings (SSSR count). The maximum Gasteiger partial charge on any atom is 0.224 e. The Morgan fingerprint density at radius 2 is 2.30 bits per heavy atom. The zero-order valence-corrected chi connectivity index (χ0v) is 12.7. The molecule has 1 aromatic heterocycles. The van der Waals surface area contributed by atoms with E-state index in [0.717, 1.165) is 15.2 Å². The summed E-state index contributed by atoms with van der Waals surface area (Å²) in [7, 11) is 0. The molecule has 1 amide bonds. The average Bonchev–Trinajstić information content (AvgIpc) is 2.92. The minimum absolute atomic E-state index is 0.0737. The third-order valence-electron chi connectivity index (χ3n) is 3.18. The topological polar surface area (TPSA) is 50.3 Å². The average molecular weight is 306 g/mol. The van der Waals surface area contributed by atoms with Crippen LogP contribution in [-0.2, 0) is 16.1 Å². The van der Waals surface area contributed by atoms with Crippen LogP contribution < -0.4 is 0 Å². The highest BCUT2D eigenvalue weighted by molar-refractivity contribution is 8.14. The first-order valence-corrected chi connectivity index (χ1v) is 8.11. The van der Waals surface area contributed by atoms with Crippen molar-refractivity contribution in [2.45, 2.75) is 25.1 Å². The molecule has 2 aromatic rings. The van der Waals surface area contributed by atoms with Crippen molar-refractivity contribution in [2.75, 3.05) is 6.54 Å². The van der Waals surface area contributed by atoms with Crippen molar-refractivity contribution < 1.29 is 9.59 Å². The Kier molecular flexibility index (Phi) is 3.76. The van der Waals surface area contributed by atoms with Crippen molar-refractivity contribution in [3.05, 3.63) is 29.3 Å². The molecule has 1 aliphatic heterocycles. The number of likely N-dealkylation sites (tertiary alicyclic amines) is 1. The Morgan fingerprint density at radius 1 is 1.50 bits per heavy atom. The van der Waals surface area contributed by atoms with E-state index >= 15 is 0 Å². The molecule has 0 N–H and O–H groups in total. The van der Waals surface area contributed by atoms with Crippen LogP contribution in [0.2, 0.25) is 0 Å². The molecule has 1 unspecified atom stereocenters. The van der Waals surface area contributed by atoms with Crippen LogP contribution in [0.1, 0.15) is 18.4 Å². The number of benzene rings is 1. The fraction of sp³-hybridized carbons (Fsp3) is 0.357. The van der Waals surface area contributed by atoms with Crippen LogP contribution in [0.25, 0.3) is 10.2 Å². The van der Waals surface area contributed by atoms with Gasteiger partial charge in [0.05, 0.1) is 16.8 Å². The van der Waals surface area contributed by atoms with Gasteiger partial charge < -0.3 is 4.90 Å². The van der Waals surface area contributed by atoms with Crippen LogP contribution in [-0.4, -0.2) is 32.7 Å². The molecule has 1 saturated heterocycles. The first-order chi connectivity index (χ1) is 9.61. The van der Waals surface area contributed by atoms with Crippen molar-refractivity contribution in [2.24, 2.45) is 0 Å². The molecule has 0 radical (unpaired) electrons. The van der Waals surface area contributed by atoms with Crippen molar-refractivity contribution in [1.82, 2.24) is 9.88 Å². The summed E-state index contributed by atoms with van der Waals surface area (Å²) in [6, 6.07) is 7.98. The predicted octanol–water partition coefficient (Wildman–Crippen LogP) is 2.68. The lowest BCUT2D eigenvalue weighted by molar-refractivity contribution is -0.128. The molecule has 4 nitrogen and oxygen atoms in total. The number of hydrogen-bond donors (Lipinski definition) is 0. The molecular weight excluding hydrogens is 292 g/mol. The molecule has 20 heavy (non-hydrogen) atoms. The van der Waals surface area contributed by atoms with E-state index in [1.165, 1.54) is 11.8 Å². The second kappa shape index (κ2) is 5.54. The number of thiazole rings is 1. The molecule has 2 heterocycles. The van der Waals surface area contributed by atoms with Crippen LogP contribution in [0.4, 0.5) is 0 Å². The van der Waals surface area contributed by atoms with Gasteiger partial charge in [-0.2, -0.15) is 0 Å². The van der Waals surface area contributed by atoms with Gasteiger partial charge in [-0.25, -0.2) is 4.98 Å². The van der Waals surface area contributed by atoms with E-state index in [2.05, 4.69) is 4.98 Å². The van der Waals surface area contributed by atoms with Crippen molar-refractivity contribution >= 4 is 44.3 Å². The highest BCUT2D eigenvalue weighted by atomic mass is 32.2. The summed E-state index contributed by atoms with van der Waals surface area (Å²) in [6.45, 7) is 2.73. The van der Waals surface area contributed by atoms with Gasteiger partial charge >= 0.3 is 0 Å². The summed E-state index contributed by atoms with van der Waals surface area (Å²) < 4.78 is 1.14.